The molecule has 6 aromatic carbocycles. The Morgan fingerprint density at radius 1 is 0.500 bits per heavy atom. The summed E-state index contributed by atoms with van der Waals surface area (Å²) in [4.78, 5) is 38.4. The number of pyridine rings is 1. The average Bonchev–Trinajstić information content (AvgIpc) is 3.65. The molecule has 0 atom stereocenters. The molecular formula is C44H26N4O2. The Hall–Kier alpha value is -7.10. The van der Waals surface area contributed by atoms with Crippen LogP contribution in [-0.4, -0.2) is 21.4 Å². The molecule has 0 saturated heterocycles. The summed E-state index contributed by atoms with van der Waals surface area (Å²) in [5.41, 5.74) is 9.57. The van der Waals surface area contributed by atoms with Gasteiger partial charge in [-0.05, 0) is 70.3 Å². The van der Waals surface area contributed by atoms with E-state index in [1.54, 1.807) is 18.5 Å². The molecule has 9 rings (SSSR count). The number of amides is 2. The number of para-hydroxylation sites is 1. The lowest BCUT2D eigenvalue weighted by atomic mass is 9.97. The van der Waals surface area contributed by atoms with Crippen LogP contribution in [0.15, 0.2) is 158 Å². The third-order valence-electron chi connectivity index (χ3n) is 9.42. The second kappa shape index (κ2) is 11.6. The number of rotatable bonds is 5. The Bertz CT molecular complexity index is 2710. The summed E-state index contributed by atoms with van der Waals surface area (Å²) in [6.45, 7) is 7.43. The monoisotopic (exact) mass is 642 g/mol. The summed E-state index contributed by atoms with van der Waals surface area (Å²) in [7, 11) is 0. The van der Waals surface area contributed by atoms with Crippen LogP contribution in [0.25, 0.3) is 65.7 Å². The largest absolute Gasteiger partial charge is 0.308 e. The van der Waals surface area contributed by atoms with Crippen LogP contribution in [0, 0.1) is 6.57 Å². The highest BCUT2D eigenvalue weighted by Crippen LogP contribution is 2.42. The topological polar surface area (TPSA) is 59.6 Å². The lowest BCUT2D eigenvalue weighted by Crippen LogP contribution is -2.30. The van der Waals surface area contributed by atoms with Gasteiger partial charge in [0.25, 0.3) is 11.8 Å². The molecule has 234 valence electrons. The molecule has 8 aromatic rings. The van der Waals surface area contributed by atoms with Gasteiger partial charge in [0.1, 0.15) is 0 Å². The Morgan fingerprint density at radius 3 is 2.00 bits per heavy atom. The zero-order valence-electron chi connectivity index (χ0n) is 26.6. The Labute approximate surface area is 287 Å². The zero-order valence-corrected chi connectivity index (χ0v) is 26.6. The number of imide groups is 1. The van der Waals surface area contributed by atoms with Crippen molar-refractivity contribution in [1.82, 2.24) is 9.55 Å². The van der Waals surface area contributed by atoms with Crippen LogP contribution in [0.5, 0.6) is 0 Å². The zero-order chi connectivity index (χ0) is 33.8. The van der Waals surface area contributed by atoms with Crippen molar-refractivity contribution in [2.24, 2.45) is 0 Å². The van der Waals surface area contributed by atoms with Gasteiger partial charge in [-0.2, -0.15) is 0 Å². The molecule has 0 unspecified atom stereocenters. The van der Waals surface area contributed by atoms with E-state index in [2.05, 4.69) is 26.5 Å². The third-order valence-corrected chi connectivity index (χ3v) is 9.42. The number of fused-ring (bicyclic) bond motifs is 4. The van der Waals surface area contributed by atoms with E-state index in [1.165, 1.54) is 4.90 Å². The predicted molar refractivity (Wildman–Crippen MR) is 199 cm³/mol. The fourth-order valence-corrected chi connectivity index (χ4v) is 7.12. The van der Waals surface area contributed by atoms with E-state index in [-0.39, 0.29) is 11.8 Å². The van der Waals surface area contributed by atoms with Crippen molar-refractivity contribution in [2.75, 3.05) is 4.90 Å². The lowest BCUT2D eigenvalue weighted by Gasteiger charge is -2.20. The highest BCUT2D eigenvalue weighted by molar-refractivity contribution is 6.36. The third kappa shape index (κ3) is 4.53. The molecule has 3 heterocycles. The molecule has 0 radical (unpaired) electrons. The molecule has 6 nitrogen and oxygen atoms in total. The van der Waals surface area contributed by atoms with E-state index in [0.717, 1.165) is 55.2 Å². The van der Waals surface area contributed by atoms with E-state index >= 15 is 0 Å². The summed E-state index contributed by atoms with van der Waals surface area (Å²) < 4.78 is 2.08. The Morgan fingerprint density at radius 2 is 1.20 bits per heavy atom. The number of benzene rings is 6. The van der Waals surface area contributed by atoms with Gasteiger partial charge >= 0.3 is 0 Å². The SMILES string of the molecule is [C-]#[N+]c1cncc(-c2ccc3c(c2)c2ccccc2n3-c2cccc3c2C(=O)N(c2cc(-c4ccccc4)ccc2-c2ccccc2)C3=O)c1. The van der Waals surface area contributed by atoms with Crippen LogP contribution in [0.2, 0.25) is 0 Å². The minimum absolute atomic E-state index is 0.357. The molecule has 6 heteroatoms. The van der Waals surface area contributed by atoms with Crippen LogP contribution in [0.1, 0.15) is 20.7 Å². The molecule has 1 aliphatic rings. The first-order valence-corrected chi connectivity index (χ1v) is 16.2. The van der Waals surface area contributed by atoms with Crippen LogP contribution in [0.4, 0.5) is 11.4 Å². The first-order valence-electron chi connectivity index (χ1n) is 16.2. The minimum Gasteiger partial charge on any atom is -0.308 e. The second-order valence-corrected chi connectivity index (χ2v) is 12.2. The molecule has 1 aliphatic heterocycles. The molecule has 50 heavy (non-hydrogen) atoms. The Kier molecular flexibility index (Phi) is 6.72. The second-order valence-electron chi connectivity index (χ2n) is 12.2. The molecule has 0 spiro atoms. The standard InChI is InChI=1S/C44H26N4O2/c1-45-33-23-32(26-46-27-33)30-20-22-39-37(24-30)35-15-8-9-17-38(35)47(39)40-18-10-16-36-42(40)44(50)48(43(36)49)41-25-31(28-11-4-2-5-12-28)19-21-34(41)29-13-6-3-7-14-29/h2-27H. The van der Waals surface area contributed by atoms with Gasteiger partial charge in [-0.1, -0.05) is 103 Å². The summed E-state index contributed by atoms with van der Waals surface area (Å²) in [6.07, 6.45) is 3.31. The van der Waals surface area contributed by atoms with Gasteiger partial charge in [0.15, 0.2) is 0 Å². The minimum atomic E-state index is -0.368. The molecular weight excluding hydrogens is 617 g/mol. The summed E-state index contributed by atoms with van der Waals surface area (Å²) >= 11 is 0. The number of nitrogens with zero attached hydrogens (tertiary/aromatic N) is 4. The van der Waals surface area contributed by atoms with Crippen LogP contribution < -0.4 is 4.90 Å². The van der Waals surface area contributed by atoms with Crippen molar-refractivity contribution in [3.05, 3.63) is 181 Å². The number of anilines is 1. The summed E-state index contributed by atoms with van der Waals surface area (Å²) in [5, 5.41) is 1.99. The van der Waals surface area contributed by atoms with Gasteiger partial charge in [0.05, 0.1) is 40.1 Å². The maximum Gasteiger partial charge on any atom is 0.268 e. The van der Waals surface area contributed by atoms with Gasteiger partial charge in [-0.25, -0.2) is 9.74 Å². The predicted octanol–water partition coefficient (Wildman–Crippen LogP) is 10.5. The maximum atomic E-state index is 14.8. The fourth-order valence-electron chi connectivity index (χ4n) is 7.12. The lowest BCUT2D eigenvalue weighted by molar-refractivity contribution is 0.0926. The van der Waals surface area contributed by atoms with E-state index in [0.29, 0.717) is 28.2 Å². The van der Waals surface area contributed by atoms with Gasteiger partial charge in [-0.15, -0.1) is 0 Å². The van der Waals surface area contributed by atoms with E-state index in [9.17, 15) is 9.59 Å². The van der Waals surface area contributed by atoms with Crippen molar-refractivity contribution in [2.45, 2.75) is 0 Å². The van der Waals surface area contributed by atoms with Gasteiger partial charge in [0, 0.05) is 28.7 Å². The quantitative estimate of drug-likeness (QED) is 0.139. The molecule has 2 aromatic heterocycles. The number of aromatic nitrogens is 2. The van der Waals surface area contributed by atoms with Crippen molar-refractivity contribution < 1.29 is 9.59 Å². The molecule has 0 bridgehead atoms. The summed E-state index contributed by atoms with van der Waals surface area (Å²) in [6, 6.07) is 47.3. The van der Waals surface area contributed by atoms with E-state index in [4.69, 9.17) is 6.57 Å². The van der Waals surface area contributed by atoms with Crippen molar-refractivity contribution in [3.8, 4) is 39.1 Å². The number of carbonyl (C=O) groups is 2. The highest BCUT2D eigenvalue weighted by Gasteiger charge is 2.40. The summed E-state index contributed by atoms with van der Waals surface area (Å²) in [5.74, 6) is -0.725. The first-order chi connectivity index (χ1) is 24.6. The van der Waals surface area contributed by atoms with Crippen LogP contribution in [0.3, 0.4) is 0 Å². The first kappa shape index (κ1) is 29.1. The van der Waals surface area contributed by atoms with Crippen molar-refractivity contribution >= 4 is 45.0 Å². The normalized spacial score (nSPS) is 12.4. The van der Waals surface area contributed by atoms with Gasteiger partial charge in [-0.3, -0.25) is 14.6 Å². The van der Waals surface area contributed by atoms with Crippen molar-refractivity contribution in [1.29, 1.82) is 0 Å². The van der Waals surface area contributed by atoms with Crippen LogP contribution in [-0.2, 0) is 0 Å². The number of hydrogen-bond acceptors (Lipinski definition) is 3. The van der Waals surface area contributed by atoms with Gasteiger partial charge in [0.2, 0.25) is 5.69 Å². The molecule has 0 aliphatic carbocycles. The number of carbonyl (C=O) groups excluding carboxylic acids is 2. The van der Waals surface area contributed by atoms with Gasteiger partial charge < -0.3 is 4.57 Å². The molecule has 0 N–H and O–H groups in total. The highest BCUT2D eigenvalue weighted by atomic mass is 16.2. The van der Waals surface area contributed by atoms with Crippen LogP contribution >= 0.6 is 0 Å². The molecule has 2 amide bonds. The van der Waals surface area contributed by atoms with Crippen molar-refractivity contribution in [3.63, 3.8) is 0 Å². The fraction of sp³-hybridized carbons (Fsp3) is 0. The Balaban J connectivity index is 1.23. The smallest absolute Gasteiger partial charge is 0.268 e. The molecule has 0 saturated carbocycles. The maximum absolute atomic E-state index is 14.8. The molecule has 0 fully saturated rings. The van der Waals surface area contributed by atoms with E-state index < -0.39 is 0 Å². The van der Waals surface area contributed by atoms with E-state index in [1.807, 2.05) is 127 Å². The number of hydrogen-bond donors (Lipinski definition) is 0. The average molecular weight is 643 g/mol.